The molecule has 2 unspecified atom stereocenters. The lowest BCUT2D eigenvalue weighted by molar-refractivity contribution is -0.108. The number of hydrogen-bond donors (Lipinski definition) is 3. The number of rotatable bonds is 10. The van der Waals surface area contributed by atoms with Crippen molar-refractivity contribution in [2.75, 3.05) is 32.5 Å². The average molecular weight is 719 g/mol. The number of hydrogen-bond acceptors (Lipinski definition) is 11. The molecule has 4 heterocycles. The smallest absolute Gasteiger partial charge is 0.263 e. The zero-order valence-corrected chi connectivity index (χ0v) is 29.0. The van der Waals surface area contributed by atoms with Gasteiger partial charge in [0, 0.05) is 41.6 Å². The van der Waals surface area contributed by atoms with Gasteiger partial charge < -0.3 is 30.4 Å². The van der Waals surface area contributed by atoms with Gasteiger partial charge in [-0.15, -0.1) is 0 Å². The summed E-state index contributed by atoms with van der Waals surface area (Å²) in [6, 6.07) is 17.6. The minimum Gasteiger partial charge on any atom is -0.504 e. The fourth-order valence-corrected chi connectivity index (χ4v) is 6.60. The molecule has 3 aromatic carbocycles. The standard InChI is InChI=1S/C38H35ClN8O5/c1-51-30-18-25(13-14-29(30)49)35-34-36(40)42-22-43-37(34)47(45-35)21-32-44-28-10-4-7-24(12-11-23(8-5-16-48)31-19-41-15-17-52-31)33(28)38(50)46(32)20-26-6-2-3-9-27(26)39/h2-4,6-7,9-10,13-14,16,18,22-23,31,41,49H,5,8,15,17,19-21H2,1H3,(H2,40,42,43). The molecule has 13 nitrogen and oxygen atoms in total. The number of phenolic OH excluding ortho intramolecular Hbond substituents is 1. The summed E-state index contributed by atoms with van der Waals surface area (Å²) in [6.45, 7) is 2.11. The Morgan fingerprint density at radius 3 is 2.81 bits per heavy atom. The van der Waals surface area contributed by atoms with Gasteiger partial charge in [0.05, 0.1) is 42.7 Å². The average Bonchev–Trinajstić information content (AvgIpc) is 3.53. The molecule has 264 valence electrons. The van der Waals surface area contributed by atoms with E-state index in [1.807, 2.05) is 24.3 Å². The van der Waals surface area contributed by atoms with Crippen LogP contribution in [0.15, 0.2) is 71.8 Å². The Hall–Kier alpha value is -5.81. The Morgan fingerprint density at radius 1 is 1.15 bits per heavy atom. The SMILES string of the molecule is COc1cc(-c2nn(Cc3nc4cccc(C#CC(CCC=O)C5CNCCO5)c4c(=O)n3Cc3ccccc3Cl)c3ncnc(N)c23)ccc1O. The topological polar surface area (TPSA) is 172 Å². The van der Waals surface area contributed by atoms with Crippen LogP contribution >= 0.6 is 11.6 Å². The lowest BCUT2D eigenvalue weighted by atomic mass is 9.96. The predicted molar refractivity (Wildman–Crippen MR) is 197 cm³/mol. The summed E-state index contributed by atoms with van der Waals surface area (Å²) in [4.78, 5) is 39.7. The van der Waals surface area contributed by atoms with Crippen molar-refractivity contribution in [1.82, 2.24) is 34.6 Å². The van der Waals surface area contributed by atoms with Crippen LogP contribution in [0.4, 0.5) is 5.82 Å². The van der Waals surface area contributed by atoms with Crippen LogP contribution in [0.5, 0.6) is 11.5 Å². The molecule has 0 radical (unpaired) electrons. The molecule has 2 atom stereocenters. The highest BCUT2D eigenvalue weighted by atomic mass is 35.5. The second kappa shape index (κ2) is 15.2. The number of benzene rings is 3. The van der Waals surface area contributed by atoms with Gasteiger partial charge in [-0.25, -0.2) is 19.6 Å². The van der Waals surface area contributed by atoms with E-state index in [2.05, 4.69) is 27.1 Å². The van der Waals surface area contributed by atoms with E-state index in [-0.39, 0.29) is 48.0 Å². The van der Waals surface area contributed by atoms with Crippen LogP contribution in [0.3, 0.4) is 0 Å². The molecule has 4 N–H and O–H groups in total. The number of fused-ring (bicyclic) bond motifs is 2. The van der Waals surface area contributed by atoms with Crippen molar-refractivity contribution >= 4 is 45.6 Å². The molecule has 14 heteroatoms. The highest BCUT2D eigenvalue weighted by Gasteiger charge is 2.24. The van der Waals surface area contributed by atoms with Crippen LogP contribution in [-0.4, -0.2) is 73.6 Å². The first-order valence-corrected chi connectivity index (χ1v) is 17.1. The number of phenols is 1. The van der Waals surface area contributed by atoms with Gasteiger partial charge in [0.2, 0.25) is 0 Å². The van der Waals surface area contributed by atoms with Crippen molar-refractivity contribution in [3.05, 3.63) is 99.3 Å². The first-order valence-electron chi connectivity index (χ1n) is 16.7. The Balaban J connectivity index is 1.37. The molecule has 1 aliphatic rings. The van der Waals surface area contributed by atoms with E-state index in [4.69, 9.17) is 36.9 Å². The minimum atomic E-state index is -0.307. The van der Waals surface area contributed by atoms with Crippen LogP contribution in [-0.2, 0) is 22.6 Å². The summed E-state index contributed by atoms with van der Waals surface area (Å²) in [7, 11) is 1.46. The molecular formula is C38H35ClN8O5. The van der Waals surface area contributed by atoms with Gasteiger partial charge in [-0.05, 0) is 48.4 Å². The number of ether oxygens (including phenoxy) is 2. The van der Waals surface area contributed by atoms with E-state index in [1.165, 1.54) is 19.5 Å². The maximum absolute atomic E-state index is 14.7. The van der Waals surface area contributed by atoms with Crippen molar-refractivity contribution < 1.29 is 19.4 Å². The predicted octanol–water partition coefficient (Wildman–Crippen LogP) is 4.18. The summed E-state index contributed by atoms with van der Waals surface area (Å²) < 4.78 is 14.5. The van der Waals surface area contributed by atoms with Gasteiger partial charge in [0.1, 0.15) is 36.5 Å². The Labute approximate surface area is 303 Å². The van der Waals surface area contributed by atoms with Gasteiger partial charge in [0.15, 0.2) is 17.1 Å². The number of anilines is 1. The molecule has 6 aromatic rings. The van der Waals surface area contributed by atoms with E-state index in [0.717, 1.165) is 18.4 Å². The number of aromatic nitrogens is 6. The van der Waals surface area contributed by atoms with Crippen LogP contribution in [0.2, 0.25) is 5.02 Å². The van der Waals surface area contributed by atoms with Gasteiger partial charge in [-0.1, -0.05) is 47.7 Å². The second-order valence-electron chi connectivity index (χ2n) is 12.3. The van der Waals surface area contributed by atoms with Gasteiger partial charge >= 0.3 is 0 Å². The molecule has 0 amide bonds. The van der Waals surface area contributed by atoms with Crippen LogP contribution in [0.25, 0.3) is 33.2 Å². The quantitative estimate of drug-likeness (QED) is 0.137. The van der Waals surface area contributed by atoms with Crippen molar-refractivity contribution in [3.63, 3.8) is 0 Å². The zero-order valence-electron chi connectivity index (χ0n) is 28.3. The number of methoxy groups -OCH3 is 1. The van der Waals surface area contributed by atoms with E-state index in [1.54, 1.807) is 39.6 Å². The monoisotopic (exact) mass is 718 g/mol. The van der Waals surface area contributed by atoms with E-state index in [9.17, 15) is 14.7 Å². The molecule has 0 bridgehead atoms. The molecule has 0 saturated carbocycles. The largest absolute Gasteiger partial charge is 0.504 e. The Morgan fingerprint density at radius 2 is 2.02 bits per heavy atom. The molecule has 1 fully saturated rings. The van der Waals surface area contributed by atoms with E-state index >= 15 is 0 Å². The number of aldehydes is 1. The van der Waals surface area contributed by atoms with Gasteiger partial charge in [-0.3, -0.25) is 9.36 Å². The highest BCUT2D eigenvalue weighted by molar-refractivity contribution is 6.31. The van der Waals surface area contributed by atoms with Crippen molar-refractivity contribution in [1.29, 1.82) is 0 Å². The molecule has 52 heavy (non-hydrogen) atoms. The number of halogens is 1. The number of nitrogens with two attached hydrogens (primary N) is 1. The van der Waals surface area contributed by atoms with Gasteiger partial charge in [0.25, 0.3) is 5.56 Å². The van der Waals surface area contributed by atoms with Crippen molar-refractivity contribution in [2.45, 2.75) is 32.0 Å². The van der Waals surface area contributed by atoms with Crippen molar-refractivity contribution in [3.8, 4) is 34.6 Å². The summed E-state index contributed by atoms with van der Waals surface area (Å²) in [6.07, 6.45) is 2.95. The lowest BCUT2D eigenvalue weighted by Gasteiger charge is -2.27. The first kappa shape index (κ1) is 34.6. The van der Waals surface area contributed by atoms with Crippen LogP contribution in [0, 0.1) is 17.8 Å². The third kappa shape index (κ3) is 6.91. The van der Waals surface area contributed by atoms with Crippen molar-refractivity contribution in [2.24, 2.45) is 5.92 Å². The number of carbonyl (C=O) groups is 1. The number of aromatic hydroxyl groups is 1. The van der Waals surface area contributed by atoms with Gasteiger partial charge in [-0.2, -0.15) is 5.10 Å². The highest BCUT2D eigenvalue weighted by Crippen LogP contribution is 2.35. The number of nitrogens with one attached hydrogen (secondary N) is 1. The van der Waals surface area contributed by atoms with E-state index in [0.29, 0.717) is 75.6 Å². The second-order valence-corrected chi connectivity index (χ2v) is 12.7. The molecule has 0 spiro atoms. The molecular weight excluding hydrogens is 684 g/mol. The summed E-state index contributed by atoms with van der Waals surface area (Å²) in [5.74, 6) is 7.18. The number of morpholine rings is 1. The maximum Gasteiger partial charge on any atom is 0.263 e. The van der Waals surface area contributed by atoms with Crippen LogP contribution in [0.1, 0.15) is 29.8 Å². The molecule has 7 rings (SSSR count). The molecule has 3 aromatic heterocycles. The minimum absolute atomic E-state index is 0.0250. The van der Waals surface area contributed by atoms with Crippen LogP contribution < -0.4 is 21.3 Å². The number of nitrogen functional groups attached to an aromatic ring is 1. The number of carbonyl (C=O) groups excluding carboxylic acids is 1. The fourth-order valence-electron chi connectivity index (χ4n) is 6.41. The maximum atomic E-state index is 14.7. The Kier molecular flexibility index (Phi) is 10.1. The molecule has 0 aliphatic carbocycles. The lowest BCUT2D eigenvalue weighted by Crippen LogP contribution is -2.42. The number of nitrogens with zero attached hydrogens (tertiary/aromatic N) is 6. The van der Waals surface area contributed by atoms with E-state index < -0.39 is 0 Å². The molecule has 1 saturated heterocycles. The Bertz CT molecular complexity index is 2410. The molecule has 1 aliphatic heterocycles. The summed E-state index contributed by atoms with van der Waals surface area (Å²) >= 11 is 6.61. The summed E-state index contributed by atoms with van der Waals surface area (Å²) in [5.41, 5.74) is 9.27. The normalized spacial score (nSPS) is 14.9. The third-order valence-electron chi connectivity index (χ3n) is 9.04. The zero-order chi connectivity index (χ0) is 36.2. The summed E-state index contributed by atoms with van der Waals surface area (Å²) in [5, 5.41) is 19.8. The third-order valence-corrected chi connectivity index (χ3v) is 9.41. The first-order chi connectivity index (χ1) is 25.4. The fraction of sp³-hybridized carbons (Fsp3) is 0.263.